The van der Waals surface area contributed by atoms with E-state index >= 15 is 4.39 Å². The summed E-state index contributed by atoms with van der Waals surface area (Å²) in [4.78, 5) is 41.0. The van der Waals surface area contributed by atoms with Crippen molar-refractivity contribution in [2.24, 2.45) is 0 Å². The minimum Gasteiger partial charge on any atom is -0.395 e. The molecule has 0 bridgehead atoms. The molecule has 3 aromatic rings. The molecule has 0 spiro atoms. The van der Waals surface area contributed by atoms with Gasteiger partial charge in [0.2, 0.25) is 0 Å². The van der Waals surface area contributed by atoms with Crippen LogP contribution in [0.15, 0.2) is 41.3 Å². The number of fused-ring (bicyclic) bond motifs is 1. The highest BCUT2D eigenvalue weighted by molar-refractivity contribution is 6.31. The van der Waals surface area contributed by atoms with Crippen molar-refractivity contribution in [3.8, 4) is 0 Å². The van der Waals surface area contributed by atoms with Gasteiger partial charge in [-0.15, -0.1) is 0 Å². The average Bonchev–Trinajstić information content (AvgIpc) is 2.89. The zero-order valence-corrected chi connectivity index (χ0v) is 21.5. The first-order valence-electron chi connectivity index (χ1n) is 11.7. The Kier molecular flexibility index (Phi) is 7.98. The van der Waals surface area contributed by atoms with Gasteiger partial charge in [-0.1, -0.05) is 17.7 Å². The zero-order valence-electron chi connectivity index (χ0n) is 20.8. The predicted octanol–water partition coefficient (Wildman–Crippen LogP) is 4.11. The number of pyridine rings is 1. The van der Waals surface area contributed by atoms with E-state index in [1.807, 2.05) is 0 Å². The van der Waals surface area contributed by atoms with E-state index in [1.54, 1.807) is 13.0 Å². The lowest BCUT2D eigenvalue weighted by molar-refractivity contribution is 0.0950. The molecule has 0 aliphatic carbocycles. The molecule has 0 radical (unpaired) electrons. The maximum Gasteiger partial charge on any atom is 0.325 e. The van der Waals surface area contributed by atoms with Crippen LogP contribution >= 0.6 is 11.6 Å². The zero-order chi connectivity index (χ0) is 28.6. The molecular weight excluding hydrogens is 544 g/mol. The van der Waals surface area contributed by atoms with Gasteiger partial charge in [-0.2, -0.15) is 0 Å². The quantitative estimate of drug-likeness (QED) is 0.421. The minimum atomic E-state index is -1.19. The van der Waals surface area contributed by atoms with Crippen molar-refractivity contribution in [1.82, 2.24) is 14.8 Å². The van der Waals surface area contributed by atoms with E-state index < -0.39 is 72.1 Å². The van der Waals surface area contributed by atoms with Gasteiger partial charge in [0.1, 0.15) is 17.5 Å². The fourth-order valence-corrected chi connectivity index (χ4v) is 4.57. The molecule has 13 heteroatoms. The summed E-state index contributed by atoms with van der Waals surface area (Å²) in [5.74, 6) is -5.35. The Hall–Kier alpha value is -3.90. The molecule has 0 saturated heterocycles. The Bertz CT molecular complexity index is 1510. The Morgan fingerprint density at radius 1 is 1.08 bits per heavy atom. The van der Waals surface area contributed by atoms with Crippen LogP contribution in [-0.2, 0) is 19.6 Å². The molecular formula is C26H23ClF4N4O4. The number of halogens is 5. The minimum absolute atomic E-state index is 0.0242. The van der Waals surface area contributed by atoms with Crippen molar-refractivity contribution >= 4 is 29.2 Å². The summed E-state index contributed by atoms with van der Waals surface area (Å²) in [6, 6.07) is 4.41. The summed E-state index contributed by atoms with van der Waals surface area (Å²) in [7, 11) is 1.53. The molecule has 1 atom stereocenters. The molecule has 0 fully saturated rings. The first-order valence-corrected chi connectivity index (χ1v) is 12.1. The summed E-state index contributed by atoms with van der Waals surface area (Å²) in [6.07, 6.45) is 1.16. The van der Waals surface area contributed by atoms with Gasteiger partial charge in [-0.3, -0.25) is 14.5 Å². The summed E-state index contributed by atoms with van der Waals surface area (Å²) in [5.41, 5.74) is -0.938. The van der Waals surface area contributed by atoms with Crippen molar-refractivity contribution in [2.45, 2.75) is 32.6 Å². The van der Waals surface area contributed by atoms with Crippen molar-refractivity contribution < 1.29 is 32.3 Å². The second kappa shape index (κ2) is 11.1. The third-order valence-electron chi connectivity index (χ3n) is 6.61. The SMILES string of the molecule is C[C@H]1c2ccc(C(=O)NCc3c(F)cc(F)cc3F)cc2N(Cc2c(Cl)cn(CCO)c(=O)c2F)C(=O)N1C. The van der Waals surface area contributed by atoms with Gasteiger partial charge < -0.3 is 19.9 Å². The van der Waals surface area contributed by atoms with Crippen LogP contribution in [0, 0.1) is 23.3 Å². The van der Waals surface area contributed by atoms with Gasteiger partial charge in [0.05, 0.1) is 29.9 Å². The largest absolute Gasteiger partial charge is 0.395 e. The standard InChI is InChI=1S/C26H23ClF4N4O4/c1-13-16-4-3-14(24(37)32-10-17-20(29)8-15(28)9-21(17)30)7-22(16)35(26(39)33(13)2)11-18-19(27)12-34(5-6-36)25(38)23(18)31/h3-4,7-9,12-13,36H,5-6,10-11H2,1-2H3,(H,32,37)/t13-/m0/s1. The van der Waals surface area contributed by atoms with Gasteiger partial charge >= 0.3 is 6.03 Å². The second-order valence-corrected chi connectivity index (χ2v) is 9.36. The third kappa shape index (κ3) is 5.34. The molecule has 2 N–H and O–H groups in total. The normalized spacial score (nSPS) is 15.0. The summed E-state index contributed by atoms with van der Waals surface area (Å²) >= 11 is 6.24. The fraction of sp³-hybridized carbons (Fsp3) is 0.269. The first kappa shape index (κ1) is 28.1. The number of aliphatic hydroxyl groups excluding tert-OH is 1. The lowest BCUT2D eigenvalue weighted by Gasteiger charge is -2.39. The van der Waals surface area contributed by atoms with Crippen molar-refractivity contribution in [3.05, 3.63) is 97.4 Å². The van der Waals surface area contributed by atoms with E-state index in [4.69, 9.17) is 16.7 Å². The number of hydrogen-bond acceptors (Lipinski definition) is 4. The molecule has 0 unspecified atom stereocenters. The maximum atomic E-state index is 15.0. The van der Waals surface area contributed by atoms with E-state index in [0.717, 1.165) is 15.7 Å². The van der Waals surface area contributed by atoms with E-state index in [2.05, 4.69) is 5.32 Å². The van der Waals surface area contributed by atoms with Crippen LogP contribution in [0.3, 0.4) is 0 Å². The summed E-state index contributed by atoms with van der Waals surface area (Å²) in [5, 5.41) is 11.3. The number of benzene rings is 2. The number of nitrogens with one attached hydrogen (secondary N) is 1. The molecule has 0 saturated carbocycles. The fourth-order valence-electron chi connectivity index (χ4n) is 4.31. The highest BCUT2D eigenvalue weighted by Gasteiger charge is 2.35. The summed E-state index contributed by atoms with van der Waals surface area (Å²) in [6.45, 7) is 0.143. The Labute approximate surface area is 225 Å². The highest BCUT2D eigenvalue weighted by Crippen LogP contribution is 2.38. The maximum absolute atomic E-state index is 15.0. The Balaban J connectivity index is 1.68. The number of amides is 3. The number of nitrogens with zero attached hydrogens (tertiary/aromatic N) is 3. The smallest absolute Gasteiger partial charge is 0.325 e. The number of carbonyl (C=O) groups is 2. The van der Waals surface area contributed by atoms with E-state index in [1.165, 1.54) is 24.1 Å². The van der Waals surface area contributed by atoms with E-state index in [9.17, 15) is 27.6 Å². The number of anilines is 1. The molecule has 8 nitrogen and oxygen atoms in total. The van der Waals surface area contributed by atoms with Crippen LogP contribution in [0.2, 0.25) is 5.02 Å². The van der Waals surface area contributed by atoms with Crippen LogP contribution in [0.1, 0.15) is 40.0 Å². The van der Waals surface area contributed by atoms with E-state index in [0.29, 0.717) is 17.7 Å². The van der Waals surface area contributed by atoms with Crippen molar-refractivity contribution in [1.29, 1.82) is 0 Å². The Morgan fingerprint density at radius 2 is 1.74 bits per heavy atom. The molecule has 1 aromatic heterocycles. The number of aromatic nitrogens is 1. The van der Waals surface area contributed by atoms with Gasteiger partial charge in [-0.05, 0) is 24.6 Å². The molecule has 206 valence electrons. The molecule has 4 rings (SSSR count). The van der Waals surface area contributed by atoms with Crippen LogP contribution in [-0.4, -0.2) is 40.2 Å². The second-order valence-electron chi connectivity index (χ2n) is 8.95. The summed E-state index contributed by atoms with van der Waals surface area (Å²) < 4.78 is 57.1. The number of carbonyl (C=O) groups excluding carboxylic acids is 2. The van der Waals surface area contributed by atoms with Crippen LogP contribution in [0.25, 0.3) is 0 Å². The first-order chi connectivity index (χ1) is 18.4. The molecule has 1 aliphatic rings. The van der Waals surface area contributed by atoms with Gasteiger partial charge in [0, 0.05) is 55.2 Å². The number of hydrogen-bond donors (Lipinski definition) is 2. The lowest BCUT2D eigenvalue weighted by atomic mass is 9.98. The Morgan fingerprint density at radius 3 is 2.38 bits per heavy atom. The average molecular weight is 567 g/mol. The van der Waals surface area contributed by atoms with Crippen LogP contribution < -0.4 is 15.8 Å². The number of aliphatic hydroxyl groups is 1. The predicted molar refractivity (Wildman–Crippen MR) is 134 cm³/mol. The van der Waals surface area contributed by atoms with Crippen LogP contribution in [0.4, 0.5) is 28.0 Å². The van der Waals surface area contributed by atoms with Crippen LogP contribution in [0.5, 0.6) is 0 Å². The molecule has 2 heterocycles. The molecule has 2 aromatic carbocycles. The monoisotopic (exact) mass is 566 g/mol. The highest BCUT2D eigenvalue weighted by atomic mass is 35.5. The molecule has 1 aliphatic heterocycles. The number of rotatable bonds is 7. The molecule has 39 heavy (non-hydrogen) atoms. The third-order valence-corrected chi connectivity index (χ3v) is 6.93. The van der Waals surface area contributed by atoms with Crippen molar-refractivity contribution in [3.63, 3.8) is 0 Å². The lowest BCUT2D eigenvalue weighted by Crippen LogP contribution is -2.47. The molecule has 3 amide bonds. The number of urea groups is 1. The topological polar surface area (TPSA) is 94.9 Å². The van der Waals surface area contributed by atoms with Crippen molar-refractivity contribution in [2.75, 3.05) is 18.6 Å². The van der Waals surface area contributed by atoms with Gasteiger partial charge in [0.15, 0.2) is 5.82 Å². The van der Waals surface area contributed by atoms with Gasteiger partial charge in [-0.25, -0.2) is 22.4 Å². The van der Waals surface area contributed by atoms with E-state index in [-0.39, 0.29) is 28.4 Å². The van der Waals surface area contributed by atoms with Gasteiger partial charge in [0.25, 0.3) is 11.5 Å².